The van der Waals surface area contributed by atoms with Gasteiger partial charge in [-0.3, -0.25) is 9.48 Å². The third-order valence-electron chi connectivity index (χ3n) is 3.05. The molecule has 2 aromatic rings. The number of carbonyl (C=O) groups excluding carboxylic acids is 1. The molecule has 1 aromatic carbocycles. The molecule has 3 nitrogen and oxygen atoms in total. The Morgan fingerprint density at radius 3 is 2.53 bits per heavy atom. The summed E-state index contributed by atoms with van der Waals surface area (Å²) < 4.78 is 1.72. The Morgan fingerprint density at radius 2 is 1.94 bits per heavy atom. The molecule has 0 aliphatic rings. The van der Waals surface area contributed by atoms with Gasteiger partial charge in [-0.1, -0.05) is 12.1 Å². The zero-order chi connectivity index (χ0) is 12.4. The van der Waals surface area contributed by atoms with Crippen molar-refractivity contribution in [1.82, 2.24) is 9.78 Å². The smallest absolute Gasteiger partial charge is 0.184 e. The molecular weight excluding hydrogens is 212 g/mol. The van der Waals surface area contributed by atoms with Crippen molar-refractivity contribution in [1.29, 1.82) is 0 Å². The van der Waals surface area contributed by atoms with Gasteiger partial charge in [-0.25, -0.2) is 0 Å². The number of aromatic nitrogens is 2. The van der Waals surface area contributed by atoms with Crippen LogP contribution in [0.5, 0.6) is 0 Å². The monoisotopic (exact) mass is 228 g/mol. The van der Waals surface area contributed by atoms with E-state index in [1.165, 1.54) is 5.56 Å². The highest BCUT2D eigenvalue weighted by molar-refractivity contribution is 5.96. The van der Waals surface area contributed by atoms with Crippen molar-refractivity contribution >= 4 is 5.78 Å². The van der Waals surface area contributed by atoms with Crippen molar-refractivity contribution < 1.29 is 4.79 Å². The van der Waals surface area contributed by atoms with Crippen molar-refractivity contribution in [2.45, 2.75) is 27.3 Å². The third-order valence-corrected chi connectivity index (χ3v) is 3.05. The molecule has 3 heteroatoms. The summed E-state index contributed by atoms with van der Waals surface area (Å²) >= 11 is 0. The molecule has 0 atom stereocenters. The number of carbonyl (C=O) groups is 1. The van der Waals surface area contributed by atoms with Crippen LogP contribution in [0.25, 0.3) is 0 Å². The lowest BCUT2D eigenvalue weighted by Crippen LogP contribution is -2.13. The van der Waals surface area contributed by atoms with Crippen LogP contribution in [-0.4, -0.2) is 15.6 Å². The van der Waals surface area contributed by atoms with Gasteiger partial charge < -0.3 is 0 Å². The Morgan fingerprint density at radius 1 is 1.18 bits per heavy atom. The van der Waals surface area contributed by atoms with E-state index in [9.17, 15) is 4.79 Å². The van der Waals surface area contributed by atoms with Crippen LogP contribution in [0.4, 0.5) is 0 Å². The van der Waals surface area contributed by atoms with Crippen molar-refractivity contribution in [2.24, 2.45) is 0 Å². The third kappa shape index (κ3) is 2.44. The summed E-state index contributed by atoms with van der Waals surface area (Å²) in [5.74, 6) is 0.0971. The second kappa shape index (κ2) is 4.53. The Labute approximate surface area is 101 Å². The fourth-order valence-electron chi connectivity index (χ4n) is 1.71. The van der Waals surface area contributed by atoms with Crippen molar-refractivity contribution in [3.8, 4) is 0 Å². The van der Waals surface area contributed by atoms with E-state index in [1.54, 1.807) is 10.9 Å². The largest absolute Gasteiger partial charge is 0.292 e. The first-order chi connectivity index (χ1) is 8.08. The zero-order valence-electron chi connectivity index (χ0n) is 10.4. The fourth-order valence-corrected chi connectivity index (χ4v) is 1.71. The van der Waals surface area contributed by atoms with E-state index in [1.807, 2.05) is 45.0 Å². The van der Waals surface area contributed by atoms with E-state index >= 15 is 0 Å². The number of rotatable bonds is 3. The highest BCUT2D eigenvalue weighted by atomic mass is 16.1. The highest BCUT2D eigenvalue weighted by Crippen LogP contribution is 2.11. The maximum absolute atomic E-state index is 12.1. The lowest BCUT2D eigenvalue weighted by molar-refractivity contribution is 0.0966. The quantitative estimate of drug-likeness (QED) is 0.757. The fraction of sp³-hybridized carbons (Fsp3) is 0.286. The van der Waals surface area contributed by atoms with Gasteiger partial charge in [0, 0.05) is 17.5 Å². The molecule has 0 unspecified atom stereocenters. The van der Waals surface area contributed by atoms with Gasteiger partial charge in [0.15, 0.2) is 5.78 Å². The van der Waals surface area contributed by atoms with E-state index in [0.717, 1.165) is 16.8 Å². The zero-order valence-corrected chi connectivity index (χ0v) is 10.4. The maximum atomic E-state index is 12.1. The van der Waals surface area contributed by atoms with E-state index in [2.05, 4.69) is 5.10 Å². The lowest BCUT2D eigenvalue weighted by Gasteiger charge is -2.06. The van der Waals surface area contributed by atoms with E-state index in [4.69, 9.17) is 0 Å². The number of benzene rings is 1. The summed E-state index contributed by atoms with van der Waals surface area (Å²) in [7, 11) is 0. The van der Waals surface area contributed by atoms with Crippen LogP contribution in [0.1, 0.15) is 27.2 Å². The predicted octanol–water partition coefficient (Wildman–Crippen LogP) is 2.69. The molecule has 0 spiro atoms. The van der Waals surface area contributed by atoms with Crippen LogP contribution in [0.2, 0.25) is 0 Å². The van der Waals surface area contributed by atoms with Crippen LogP contribution >= 0.6 is 0 Å². The maximum Gasteiger partial charge on any atom is 0.184 e. The molecule has 0 radical (unpaired) electrons. The van der Waals surface area contributed by atoms with Gasteiger partial charge in [-0.2, -0.15) is 5.10 Å². The minimum Gasteiger partial charge on any atom is -0.292 e. The number of aryl methyl sites for hydroxylation is 3. The molecule has 1 heterocycles. The van der Waals surface area contributed by atoms with Crippen LogP contribution in [0.3, 0.4) is 0 Å². The summed E-state index contributed by atoms with van der Waals surface area (Å²) in [6.07, 6.45) is 1.71. The predicted molar refractivity (Wildman–Crippen MR) is 67.2 cm³/mol. The normalized spacial score (nSPS) is 10.5. The first kappa shape index (κ1) is 11.6. The summed E-state index contributed by atoms with van der Waals surface area (Å²) in [6.45, 7) is 6.31. The summed E-state index contributed by atoms with van der Waals surface area (Å²) in [6, 6.07) is 7.70. The highest BCUT2D eigenvalue weighted by Gasteiger charge is 2.09. The van der Waals surface area contributed by atoms with Crippen molar-refractivity contribution in [3.05, 3.63) is 52.8 Å². The van der Waals surface area contributed by atoms with E-state index in [-0.39, 0.29) is 5.78 Å². The molecule has 0 fully saturated rings. The minimum atomic E-state index is 0.0971. The molecule has 0 amide bonds. The van der Waals surface area contributed by atoms with Crippen LogP contribution in [0, 0.1) is 20.8 Å². The van der Waals surface area contributed by atoms with Crippen molar-refractivity contribution in [2.75, 3.05) is 0 Å². The average molecular weight is 228 g/mol. The van der Waals surface area contributed by atoms with Gasteiger partial charge in [0.2, 0.25) is 0 Å². The second-order valence-electron chi connectivity index (χ2n) is 4.35. The molecule has 0 aliphatic heterocycles. The molecule has 2 rings (SSSR count). The first-order valence-corrected chi connectivity index (χ1v) is 5.67. The van der Waals surface area contributed by atoms with Gasteiger partial charge in [0.05, 0.1) is 0 Å². The Kier molecular flexibility index (Phi) is 3.09. The second-order valence-corrected chi connectivity index (χ2v) is 4.35. The number of ketones is 1. The first-order valence-electron chi connectivity index (χ1n) is 5.67. The molecule has 0 aliphatic carbocycles. The molecule has 0 N–H and O–H groups in total. The summed E-state index contributed by atoms with van der Waals surface area (Å²) in [5, 5.41) is 4.12. The standard InChI is InChI=1S/C14H16N2O/c1-10-4-5-13(8-11(10)2)14(17)9-16-12(3)6-7-15-16/h4-8H,9H2,1-3H3. The minimum absolute atomic E-state index is 0.0971. The molecule has 0 bridgehead atoms. The SMILES string of the molecule is Cc1ccc(C(=O)Cn2nccc2C)cc1C. The van der Waals surface area contributed by atoms with Gasteiger partial charge in [0.1, 0.15) is 6.54 Å². The number of hydrogen-bond acceptors (Lipinski definition) is 2. The Balaban J connectivity index is 2.20. The van der Waals surface area contributed by atoms with E-state index in [0.29, 0.717) is 6.54 Å². The van der Waals surface area contributed by atoms with Crippen molar-refractivity contribution in [3.63, 3.8) is 0 Å². The molecule has 0 saturated heterocycles. The summed E-state index contributed by atoms with van der Waals surface area (Å²) in [4.78, 5) is 12.1. The summed E-state index contributed by atoms with van der Waals surface area (Å²) in [5.41, 5.74) is 4.11. The van der Waals surface area contributed by atoms with Crippen LogP contribution in [0.15, 0.2) is 30.5 Å². The molecule has 1 aromatic heterocycles. The molecular formula is C14H16N2O. The molecule has 17 heavy (non-hydrogen) atoms. The Bertz CT molecular complexity index is 555. The van der Waals surface area contributed by atoms with Gasteiger partial charge in [0.25, 0.3) is 0 Å². The van der Waals surface area contributed by atoms with E-state index < -0.39 is 0 Å². The Hall–Kier alpha value is -1.90. The lowest BCUT2D eigenvalue weighted by atomic mass is 10.0. The number of nitrogens with zero attached hydrogens (tertiary/aromatic N) is 2. The average Bonchev–Trinajstić information content (AvgIpc) is 2.68. The number of Topliss-reactive ketones (excluding diaryl/α,β-unsaturated/α-hetero) is 1. The molecule has 88 valence electrons. The topological polar surface area (TPSA) is 34.9 Å². The molecule has 0 saturated carbocycles. The van der Waals surface area contributed by atoms with Crippen LogP contribution < -0.4 is 0 Å². The van der Waals surface area contributed by atoms with Crippen LogP contribution in [-0.2, 0) is 6.54 Å². The number of hydrogen-bond donors (Lipinski definition) is 0. The van der Waals surface area contributed by atoms with Gasteiger partial charge in [-0.05, 0) is 44.0 Å². The van der Waals surface area contributed by atoms with Gasteiger partial charge in [-0.15, -0.1) is 0 Å². The van der Waals surface area contributed by atoms with Gasteiger partial charge >= 0.3 is 0 Å².